The lowest BCUT2D eigenvalue weighted by atomic mass is 10.1. The summed E-state index contributed by atoms with van der Waals surface area (Å²) in [6.07, 6.45) is 1.14. The van der Waals surface area contributed by atoms with Crippen molar-refractivity contribution >= 4 is 31.6 Å². The van der Waals surface area contributed by atoms with Gasteiger partial charge in [-0.25, -0.2) is 8.42 Å². The number of Topliss-reactive ketones (excluding diaryl/α,β-unsaturated/α-hetero) is 1. The third kappa shape index (κ3) is 4.41. The van der Waals surface area contributed by atoms with Crippen molar-refractivity contribution in [2.24, 2.45) is 0 Å². The maximum Gasteiger partial charge on any atom is 0.200 e. The van der Waals surface area contributed by atoms with Crippen LogP contribution in [-0.4, -0.2) is 27.1 Å². The second kappa shape index (κ2) is 6.41. The van der Waals surface area contributed by atoms with E-state index < -0.39 is 9.84 Å². The fourth-order valence-electron chi connectivity index (χ4n) is 1.68. The minimum Gasteiger partial charge on any atom is -0.485 e. The van der Waals surface area contributed by atoms with E-state index in [0.717, 1.165) is 10.7 Å². The molecule has 0 aliphatic rings. The Balaban J connectivity index is 2.02. The van der Waals surface area contributed by atoms with E-state index in [9.17, 15) is 13.2 Å². The van der Waals surface area contributed by atoms with Crippen LogP contribution in [0.15, 0.2) is 57.9 Å². The summed E-state index contributed by atoms with van der Waals surface area (Å²) in [5.74, 6) is 0.300. The molecule has 2 rings (SSSR count). The largest absolute Gasteiger partial charge is 0.485 e. The molecule has 0 saturated heterocycles. The summed E-state index contributed by atoms with van der Waals surface area (Å²) in [5, 5.41) is 0. The molecular weight excluding hydrogens is 356 g/mol. The number of ether oxygens (including phenoxy) is 1. The fourth-order valence-corrected chi connectivity index (χ4v) is 2.71. The lowest BCUT2D eigenvalue weighted by Gasteiger charge is -2.06. The zero-order chi connectivity index (χ0) is 15.5. The molecule has 6 heteroatoms. The smallest absolute Gasteiger partial charge is 0.200 e. The highest BCUT2D eigenvalue weighted by molar-refractivity contribution is 9.10. The molecule has 110 valence electrons. The number of ketones is 1. The Hall–Kier alpha value is -1.66. The minimum absolute atomic E-state index is 0.103. The average molecular weight is 369 g/mol. The molecule has 0 unspecified atom stereocenters. The van der Waals surface area contributed by atoms with E-state index in [4.69, 9.17) is 4.74 Å². The predicted molar refractivity (Wildman–Crippen MR) is 83.5 cm³/mol. The van der Waals surface area contributed by atoms with Gasteiger partial charge in [0, 0.05) is 16.3 Å². The van der Waals surface area contributed by atoms with Gasteiger partial charge in [-0.1, -0.05) is 28.1 Å². The highest BCUT2D eigenvalue weighted by Gasteiger charge is 2.09. The second-order valence-corrected chi connectivity index (χ2v) is 7.40. The molecule has 0 bridgehead atoms. The predicted octanol–water partition coefficient (Wildman–Crippen LogP) is 3.11. The third-order valence-corrected chi connectivity index (χ3v) is 4.39. The van der Waals surface area contributed by atoms with Gasteiger partial charge >= 0.3 is 0 Å². The van der Waals surface area contributed by atoms with Gasteiger partial charge in [0.1, 0.15) is 5.75 Å². The van der Waals surface area contributed by atoms with Crippen molar-refractivity contribution in [1.29, 1.82) is 0 Å². The topological polar surface area (TPSA) is 60.4 Å². The van der Waals surface area contributed by atoms with Crippen LogP contribution in [-0.2, 0) is 9.84 Å². The standard InChI is InChI=1S/C15H13BrO4S/c1-21(18,19)14-7-5-13(6-8-14)20-10-15(17)11-3-2-4-12(16)9-11/h2-9H,10H2,1H3. The zero-order valence-electron chi connectivity index (χ0n) is 11.2. The van der Waals surface area contributed by atoms with Gasteiger partial charge in [0.2, 0.25) is 0 Å². The first-order valence-electron chi connectivity index (χ1n) is 6.08. The van der Waals surface area contributed by atoms with Crippen molar-refractivity contribution in [3.63, 3.8) is 0 Å². The Morgan fingerprint density at radius 1 is 1.14 bits per heavy atom. The van der Waals surface area contributed by atoms with Crippen LogP contribution in [0, 0.1) is 0 Å². The van der Waals surface area contributed by atoms with Crippen LogP contribution in [0.25, 0.3) is 0 Å². The average Bonchev–Trinajstić information content (AvgIpc) is 2.44. The quantitative estimate of drug-likeness (QED) is 0.760. The van der Waals surface area contributed by atoms with Crippen LogP contribution >= 0.6 is 15.9 Å². The van der Waals surface area contributed by atoms with E-state index in [2.05, 4.69) is 15.9 Å². The fraction of sp³-hybridized carbons (Fsp3) is 0.133. The van der Waals surface area contributed by atoms with Crippen molar-refractivity contribution < 1.29 is 17.9 Å². The highest BCUT2D eigenvalue weighted by atomic mass is 79.9. The number of hydrogen-bond acceptors (Lipinski definition) is 4. The summed E-state index contributed by atoms with van der Waals surface area (Å²) in [7, 11) is -3.23. The van der Waals surface area contributed by atoms with Crippen LogP contribution in [0.2, 0.25) is 0 Å². The monoisotopic (exact) mass is 368 g/mol. The molecule has 0 spiro atoms. The van der Waals surface area contributed by atoms with Crippen LogP contribution < -0.4 is 4.74 Å². The molecule has 0 atom stereocenters. The lowest BCUT2D eigenvalue weighted by molar-refractivity contribution is 0.0921. The van der Waals surface area contributed by atoms with Gasteiger partial charge in [0.15, 0.2) is 22.2 Å². The minimum atomic E-state index is -3.23. The molecule has 0 N–H and O–H groups in total. The van der Waals surface area contributed by atoms with Crippen molar-refractivity contribution in [3.05, 3.63) is 58.6 Å². The summed E-state index contributed by atoms with van der Waals surface area (Å²) in [4.78, 5) is 12.2. The molecule has 0 heterocycles. The first kappa shape index (κ1) is 15.7. The van der Waals surface area contributed by atoms with Crippen LogP contribution in [0.4, 0.5) is 0 Å². The summed E-state index contributed by atoms with van der Waals surface area (Å²) in [6.45, 7) is -0.103. The Morgan fingerprint density at radius 3 is 2.38 bits per heavy atom. The van der Waals surface area contributed by atoms with Gasteiger partial charge in [-0.15, -0.1) is 0 Å². The number of carbonyl (C=O) groups excluding carboxylic acids is 1. The number of carbonyl (C=O) groups is 1. The molecule has 0 radical (unpaired) electrons. The molecule has 2 aromatic carbocycles. The molecule has 0 saturated carbocycles. The molecule has 2 aromatic rings. The lowest BCUT2D eigenvalue weighted by Crippen LogP contribution is -2.11. The van der Waals surface area contributed by atoms with Gasteiger partial charge in [0.05, 0.1) is 4.90 Å². The van der Waals surface area contributed by atoms with Crippen molar-refractivity contribution in [2.75, 3.05) is 12.9 Å². The summed E-state index contributed by atoms with van der Waals surface area (Å²) < 4.78 is 28.9. The third-order valence-electron chi connectivity index (χ3n) is 2.77. The van der Waals surface area contributed by atoms with Gasteiger partial charge < -0.3 is 4.74 Å². The maximum absolute atomic E-state index is 12.0. The van der Waals surface area contributed by atoms with Crippen LogP contribution in [0.3, 0.4) is 0 Å². The van der Waals surface area contributed by atoms with Gasteiger partial charge in [-0.2, -0.15) is 0 Å². The summed E-state index contributed by atoms with van der Waals surface area (Å²) in [6, 6.07) is 13.0. The van der Waals surface area contributed by atoms with Gasteiger partial charge in [-0.3, -0.25) is 4.79 Å². The van der Waals surface area contributed by atoms with E-state index in [1.54, 1.807) is 18.2 Å². The molecule has 21 heavy (non-hydrogen) atoms. The molecule has 0 aromatic heterocycles. The van der Waals surface area contributed by atoms with E-state index in [0.29, 0.717) is 11.3 Å². The van der Waals surface area contributed by atoms with E-state index in [1.807, 2.05) is 6.07 Å². The normalized spacial score (nSPS) is 11.1. The first-order chi connectivity index (χ1) is 9.86. The summed E-state index contributed by atoms with van der Waals surface area (Å²) >= 11 is 3.30. The SMILES string of the molecule is CS(=O)(=O)c1ccc(OCC(=O)c2cccc(Br)c2)cc1. The van der Waals surface area contributed by atoms with Crippen LogP contribution in [0.1, 0.15) is 10.4 Å². The van der Waals surface area contributed by atoms with Crippen molar-refractivity contribution in [3.8, 4) is 5.75 Å². The number of benzene rings is 2. The first-order valence-corrected chi connectivity index (χ1v) is 8.76. The molecule has 0 aliphatic carbocycles. The van der Waals surface area contributed by atoms with E-state index in [1.165, 1.54) is 24.3 Å². The summed E-state index contributed by atoms with van der Waals surface area (Å²) in [5.41, 5.74) is 0.553. The number of halogens is 1. The Kier molecular flexibility index (Phi) is 4.80. The number of sulfone groups is 1. The Labute approximate surface area is 131 Å². The van der Waals surface area contributed by atoms with E-state index in [-0.39, 0.29) is 17.3 Å². The zero-order valence-corrected chi connectivity index (χ0v) is 13.6. The Morgan fingerprint density at radius 2 is 1.81 bits per heavy atom. The maximum atomic E-state index is 12.0. The Bertz CT molecular complexity index is 751. The molecular formula is C15H13BrO4S. The number of hydrogen-bond donors (Lipinski definition) is 0. The second-order valence-electron chi connectivity index (χ2n) is 4.47. The molecule has 4 nitrogen and oxygen atoms in total. The van der Waals surface area contributed by atoms with Gasteiger partial charge in [0.25, 0.3) is 0 Å². The number of rotatable bonds is 5. The molecule has 0 fully saturated rings. The molecule has 0 aliphatic heterocycles. The van der Waals surface area contributed by atoms with E-state index >= 15 is 0 Å². The van der Waals surface area contributed by atoms with Crippen molar-refractivity contribution in [2.45, 2.75) is 4.90 Å². The van der Waals surface area contributed by atoms with Crippen molar-refractivity contribution in [1.82, 2.24) is 0 Å². The highest BCUT2D eigenvalue weighted by Crippen LogP contribution is 2.17. The van der Waals surface area contributed by atoms with Crippen LogP contribution in [0.5, 0.6) is 5.75 Å². The molecule has 0 amide bonds. The van der Waals surface area contributed by atoms with Gasteiger partial charge in [-0.05, 0) is 36.4 Å².